The van der Waals surface area contributed by atoms with E-state index in [0.717, 1.165) is 11.3 Å². The van der Waals surface area contributed by atoms with E-state index in [9.17, 15) is 23.9 Å². The van der Waals surface area contributed by atoms with Crippen LogP contribution in [-0.4, -0.2) is 34.9 Å². The number of hydrogen-bond donors (Lipinski definition) is 1. The lowest BCUT2D eigenvalue weighted by Gasteiger charge is -2.23. The monoisotopic (exact) mass is 522 g/mol. The highest BCUT2D eigenvalue weighted by Crippen LogP contribution is 2.44. The molecule has 7 nitrogen and oxygen atoms in total. The minimum atomic E-state index is -1.06. The number of anilines is 1. The number of amides is 1. The molecule has 0 bridgehead atoms. The number of fused-ring (bicyclic) bond motifs is 1. The molecule has 4 aromatic rings. The van der Waals surface area contributed by atoms with Gasteiger partial charge in [-0.15, -0.1) is 0 Å². The van der Waals surface area contributed by atoms with Gasteiger partial charge < -0.3 is 9.84 Å². The highest BCUT2D eigenvalue weighted by Gasteiger charge is 2.48. The molecule has 0 saturated carbocycles. The SMILES string of the molecule is COC(=O)c1ccc(C2C(=C(O)c3ccc(Cl)cc3)C(=O)C(=O)N2c2nc3ccc(F)cc3s2)cc1. The number of ether oxygens (including phenoxy) is 1. The van der Waals surface area contributed by atoms with Crippen molar-refractivity contribution in [2.24, 2.45) is 0 Å². The van der Waals surface area contributed by atoms with Gasteiger partial charge in [0.05, 0.1) is 34.5 Å². The zero-order valence-electron chi connectivity index (χ0n) is 18.6. The third-order valence-corrected chi connectivity index (χ3v) is 7.02. The van der Waals surface area contributed by atoms with Crippen molar-refractivity contribution >= 4 is 61.7 Å². The highest BCUT2D eigenvalue weighted by atomic mass is 35.5. The van der Waals surface area contributed by atoms with E-state index in [2.05, 4.69) is 4.98 Å². The van der Waals surface area contributed by atoms with Crippen molar-refractivity contribution in [2.45, 2.75) is 6.04 Å². The predicted octanol–water partition coefficient (Wildman–Crippen LogP) is 5.50. The average Bonchev–Trinajstić information content (AvgIpc) is 3.41. The second kappa shape index (κ2) is 9.18. The molecule has 2 heterocycles. The molecule has 1 N–H and O–H groups in total. The Morgan fingerprint density at radius 2 is 1.72 bits per heavy atom. The van der Waals surface area contributed by atoms with Gasteiger partial charge in [-0.3, -0.25) is 14.5 Å². The smallest absolute Gasteiger partial charge is 0.337 e. The van der Waals surface area contributed by atoms with Gasteiger partial charge in [0, 0.05) is 10.6 Å². The number of benzene rings is 3. The summed E-state index contributed by atoms with van der Waals surface area (Å²) in [6, 6.07) is 15.3. The molecular formula is C26H16ClFN2O5S. The minimum Gasteiger partial charge on any atom is -0.507 e. The van der Waals surface area contributed by atoms with Crippen LogP contribution < -0.4 is 4.90 Å². The van der Waals surface area contributed by atoms with E-state index < -0.39 is 29.5 Å². The molecular weight excluding hydrogens is 507 g/mol. The van der Waals surface area contributed by atoms with E-state index in [-0.39, 0.29) is 22.0 Å². The highest BCUT2D eigenvalue weighted by molar-refractivity contribution is 7.22. The molecule has 1 saturated heterocycles. The van der Waals surface area contributed by atoms with Crippen LogP contribution in [0.2, 0.25) is 5.02 Å². The summed E-state index contributed by atoms with van der Waals surface area (Å²) in [5, 5.41) is 11.7. The van der Waals surface area contributed by atoms with Crippen LogP contribution in [0.15, 0.2) is 72.3 Å². The Hall–Kier alpha value is -4.08. The van der Waals surface area contributed by atoms with E-state index in [4.69, 9.17) is 16.3 Å². The van der Waals surface area contributed by atoms with Crippen LogP contribution in [0.3, 0.4) is 0 Å². The summed E-state index contributed by atoms with van der Waals surface area (Å²) in [5.41, 5.74) is 1.31. The van der Waals surface area contributed by atoms with Gasteiger partial charge in [0.2, 0.25) is 0 Å². The van der Waals surface area contributed by atoms with Gasteiger partial charge in [0.1, 0.15) is 11.6 Å². The van der Waals surface area contributed by atoms with Crippen LogP contribution in [-0.2, 0) is 14.3 Å². The fraction of sp³-hybridized carbons (Fsp3) is 0.0769. The summed E-state index contributed by atoms with van der Waals surface area (Å²) in [5.74, 6) is -3.20. The van der Waals surface area contributed by atoms with Gasteiger partial charge in [-0.05, 0) is 60.2 Å². The van der Waals surface area contributed by atoms with Crippen LogP contribution in [0, 0.1) is 5.82 Å². The molecule has 5 rings (SSSR count). The molecule has 0 spiro atoms. The number of halogens is 2. The van der Waals surface area contributed by atoms with Gasteiger partial charge >= 0.3 is 11.9 Å². The summed E-state index contributed by atoms with van der Waals surface area (Å²) < 4.78 is 19.0. The topological polar surface area (TPSA) is 96.8 Å². The fourth-order valence-electron chi connectivity index (χ4n) is 4.02. The second-order valence-corrected chi connectivity index (χ2v) is 9.34. The molecule has 0 aliphatic carbocycles. The number of aliphatic hydroxyl groups excluding tert-OH is 1. The van der Waals surface area contributed by atoms with Crippen LogP contribution >= 0.6 is 22.9 Å². The standard InChI is InChI=1S/C26H16ClFN2O5S/c1-35-25(34)15-4-2-13(3-5-15)21-20(22(31)14-6-8-16(27)9-7-14)23(32)24(33)30(21)26-29-18-11-10-17(28)12-19(18)36-26/h2-12,21,31H,1H3. The normalized spacial score (nSPS) is 17.1. The van der Waals surface area contributed by atoms with Gasteiger partial charge in [0.25, 0.3) is 5.78 Å². The Balaban J connectivity index is 1.70. The van der Waals surface area contributed by atoms with Crippen LogP contribution in [0.25, 0.3) is 16.0 Å². The predicted molar refractivity (Wildman–Crippen MR) is 134 cm³/mol. The number of carbonyl (C=O) groups excluding carboxylic acids is 3. The van der Waals surface area contributed by atoms with Crippen molar-refractivity contribution in [3.63, 3.8) is 0 Å². The first-order valence-corrected chi connectivity index (χ1v) is 11.8. The Morgan fingerprint density at radius 1 is 1.06 bits per heavy atom. The molecule has 180 valence electrons. The Kier molecular flexibility index (Phi) is 6.03. The van der Waals surface area contributed by atoms with E-state index >= 15 is 0 Å². The summed E-state index contributed by atoms with van der Waals surface area (Å²) in [7, 11) is 1.26. The third kappa shape index (κ3) is 4.02. The first-order valence-electron chi connectivity index (χ1n) is 10.6. The Labute approximate surface area is 213 Å². The van der Waals surface area contributed by atoms with Crippen LogP contribution in [0.5, 0.6) is 0 Å². The van der Waals surface area contributed by atoms with Crippen molar-refractivity contribution in [1.29, 1.82) is 0 Å². The average molecular weight is 523 g/mol. The number of aromatic nitrogens is 1. The molecule has 36 heavy (non-hydrogen) atoms. The lowest BCUT2D eigenvalue weighted by molar-refractivity contribution is -0.132. The van der Waals surface area contributed by atoms with Crippen molar-refractivity contribution in [1.82, 2.24) is 4.98 Å². The fourth-order valence-corrected chi connectivity index (χ4v) is 5.16. The molecule has 1 unspecified atom stereocenters. The number of carbonyl (C=O) groups is 3. The maximum absolute atomic E-state index is 13.8. The van der Waals surface area contributed by atoms with Crippen molar-refractivity contribution in [3.05, 3.63) is 99.8 Å². The van der Waals surface area contributed by atoms with Gasteiger partial charge in [-0.25, -0.2) is 14.2 Å². The van der Waals surface area contributed by atoms with E-state index in [1.165, 1.54) is 54.5 Å². The maximum atomic E-state index is 13.8. The van der Waals surface area contributed by atoms with E-state index in [1.807, 2.05) is 0 Å². The summed E-state index contributed by atoms with van der Waals surface area (Å²) in [6.07, 6.45) is 0. The van der Waals surface area contributed by atoms with Crippen LogP contribution in [0.1, 0.15) is 27.5 Å². The number of ketones is 1. The summed E-state index contributed by atoms with van der Waals surface area (Å²) in [6.45, 7) is 0. The molecule has 1 aliphatic rings. The summed E-state index contributed by atoms with van der Waals surface area (Å²) in [4.78, 5) is 44.1. The molecule has 3 aromatic carbocycles. The zero-order chi connectivity index (χ0) is 25.6. The molecule has 10 heteroatoms. The van der Waals surface area contributed by atoms with Crippen LogP contribution in [0.4, 0.5) is 9.52 Å². The minimum absolute atomic E-state index is 0.154. The number of thiazole rings is 1. The molecule has 0 radical (unpaired) electrons. The van der Waals surface area contributed by atoms with Gasteiger partial charge in [-0.1, -0.05) is 35.1 Å². The first kappa shape index (κ1) is 23.7. The number of aliphatic hydroxyl groups is 1. The molecule has 1 aromatic heterocycles. The molecule has 1 atom stereocenters. The second-order valence-electron chi connectivity index (χ2n) is 7.90. The van der Waals surface area contributed by atoms with Crippen molar-refractivity contribution in [2.75, 3.05) is 12.0 Å². The van der Waals surface area contributed by atoms with Gasteiger partial charge in [-0.2, -0.15) is 0 Å². The van der Waals surface area contributed by atoms with Crippen molar-refractivity contribution in [3.8, 4) is 0 Å². The molecule has 1 fully saturated rings. The van der Waals surface area contributed by atoms with E-state index in [1.54, 1.807) is 24.3 Å². The van der Waals surface area contributed by atoms with E-state index in [0.29, 0.717) is 26.4 Å². The maximum Gasteiger partial charge on any atom is 0.337 e. The third-order valence-electron chi connectivity index (χ3n) is 5.75. The number of esters is 1. The Bertz CT molecular complexity index is 1560. The zero-order valence-corrected chi connectivity index (χ0v) is 20.1. The van der Waals surface area contributed by atoms with Gasteiger partial charge in [0.15, 0.2) is 5.13 Å². The number of hydrogen-bond acceptors (Lipinski definition) is 7. The largest absolute Gasteiger partial charge is 0.507 e. The quantitative estimate of drug-likeness (QED) is 0.164. The lowest BCUT2D eigenvalue weighted by atomic mass is 9.95. The number of rotatable bonds is 4. The number of methoxy groups -OCH3 is 1. The number of Topliss-reactive ketones (excluding diaryl/α,β-unsaturated/α-hetero) is 1. The molecule has 1 amide bonds. The summed E-state index contributed by atoms with van der Waals surface area (Å²) >= 11 is 7.00. The number of nitrogens with zero attached hydrogens (tertiary/aromatic N) is 2. The first-order chi connectivity index (χ1) is 17.3. The molecule has 1 aliphatic heterocycles. The van der Waals surface area contributed by atoms with Crippen molar-refractivity contribution < 1.29 is 28.6 Å². The lowest BCUT2D eigenvalue weighted by Crippen LogP contribution is -2.29. The Morgan fingerprint density at radius 3 is 2.39 bits per heavy atom.